The molecule has 5 rings (SSSR count). The number of hydrogen-bond acceptors (Lipinski definition) is 4. The quantitative estimate of drug-likeness (QED) is 0.754. The first-order chi connectivity index (χ1) is 14.4. The molecule has 1 saturated carbocycles. The second kappa shape index (κ2) is 7.09. The molecule has 1 aromatic rings. The SMILES string of the molecule is Cc1cccc([C@@H](C)N2C(=O)[C@H]3CC2CN3C[C@H](C)C(=O)N2C3C[C@H]3C[C@H]2C#N)c1. The number of piperazine rings is 1. The number of carbonyl (C=O) groups is 2. The molecule has 2 bridgehead atoms. The van der Waals surface area contributed by atoms with Gasteiger partial charge in [0, 0.05) is 31.1 Å². The largest absolute Gasteiger partial charge is 0.330 e. The Morgan fingerprint density at radius 3 is 2.77 bits per heavy atom. The van der Waals surface area contributed by atoms with Crippen LogP contribution in [0.4, 0.5) is 0 Å². The van der Waals surface area contributed by atoms with Crippen LogP contribution >= 0.6 is 0 Å². The number of amides is 2. The van der Waals surface area contributed by atoms with Gasteiger partial charge in [-0.25, -0.2) is 0 Å². The number of nitrogens with zero attached hydrogens (tertiary/aromatic N) is 4. The molecule has 0 aromatic heterocycles. The molecule has 1 aliphatic carbocycles. The molecular formula is C24H30N4O2. The van der Waals surface area contributed by atoms with Crippen LogP contribution in [-0.2, 0) is 9.59 Å². The monoisotopic (exact) mass is 406 g/mol. The third-order valence-corrected chi connectivity index (χ3v) is 7.69. The fraction of sp³-hybridized carbons (Fsp3) is 0.625. The fourth-order valence-electron chi connectivity index (χ4n) is 6.06. The summed E-state index contributed by atoms with van der Waals surface area (Å²) in [6, 6.07) is 10.9. The molecule has 30 heavy (non-hydrogen) atoms. The van der Waals surface area contributed by atoms with Crippen LogP contribution in [0.25, 0.3) is 0 Å². The minimum Gasteiger partial charge on any atom is -0.330 e. The van der Waals surface area contributed by atoms with Crippen molar-refractivity contribution in [3.8, 4) is 6.07 Å². The summed E-state index contributed by atoms with van der Waals surface area (Å²) < 4.78 is 0. The lowest BCUT2D eigenvalue weighted by molar-refractivity contribution is -0.142. The summed E-state index contributed by atoms with van der Waals surface area (Å²) in [5, 5.41) is 9.40. The summed E-state index contributed by atoms with van der Waals surface area (Å²) in [6.45, 7) is 7.58. The molecule has 0 radical (unpaired) electrons. The Balaban J connectivity index is 1.24. The zero-order chi connectivity index (χ0) is 21.2. The zero-order valence-electron chi connectivity index (χ0n) is 18.0. The lowest BCUT2D eigenvalue weighted by Crippen LogP contribution is -2.53. The van der Waals surface area contributed by atoms with Crippen molar-refractivity contribution in [1.29, 1.82) is 5.26 Å². The smallest absolute Gasteiger partial charge is 0.240 e. The highest BCUT2D eigenvalue weighted by molar-refractivity contribution is 5.86. The van der Waals surface area contributed by atoms with Gasteiger partial charge >= 0.3 is 0 Å². The number of fused-ring (bicyclic) bond motifs is 3. The van der Waals surface area contributed by atoms with Crippen molar-refractivity contribution in [3.63, 3.8) is 0 Å². The Hall–Kier alpha value is -2.39. The number of likely N-dealkylation sites (tertiary alicyclic amines) is 3. The number of hydrogen-bond donors (Lipinski definition) is 0. The van der Waals surface area contributed by atoms with E-state index < -0.39 is 0 Å². The van der Waals surface area contributed by atoms with Gasteiger partial charge in [-0.05, 0) is 44.6 Å². The second-order valence-corrected chi connectivity index (χ2v) is 9.79. The van der Waals surface area contributed by atoms with E-state index in [2.05, 4.69) is 54.0 Å². The van der Waals surface area contributed by atoms with Gasteiger partial charge in [0.15, 0.2) is 0 Å². The van der Waals surface area contributed by atoms with Crippen molar-refractivity contribution in [2.75, 3.05) is 13.1 Å². The molecular weight excluding hydrogens is 376 g/mol. The summed E-state index contributed by atoms with van der Waals surface area (Å²) in [4.78, 5) is 32.4. The van der Waals surface area contributed by atoms with Crippen molar-refractivity contribution >= 4 is 11.8 Å². The van der Waals surface area contributed by atoms with E-state index in [1.807, 2.05) is 11.8 Å². The Labute approximate surface area is 178 Å². The molecule has 7 atom stereocenters. The average Bonchev–Trinajstić information content (AvgIpc) is 3.06. The molecule has 6 heteroatoms. The number of aryl methyl sites for hydroxylation is 1. The first-order valence-corrected chi connectivity index (χ1v) is 11.2. The molecule has 2 unspecified atom stereocenters. The number of benzene rings is 1. The Bertz CT molecular complexity index is 924. The predicted molar refractivity (Wildman–Crippen MR) is 112 cm³/mol. The molecule has 0 spiro atoms. The third-order valence-electron chi connectivity index (χ3n) is 7.69. The maximum absolute atomic E-state index is 13.2. The number of nitriles is 1. The molecule has 1 aromatic carbocycles. The van der Waals surface area contributed by atoms with Crippen molar-refractivity contribution in [1.82, 2.24) is 14.7 Å². The van der Waals surface area contributed by atoms with Crippen LogP contribution < -0.4 is 0 Å². The minimum absolute atomic E-state index is 0.0707. The summed E-state index contributed by atoms with van der Waals surface area (Å²) in [7, 11) is 0. The van der Waals surface area contributed by atoms with Crippen LogP contribution in [0.3, 0.4) is 0 Å². The van der Waals surface area contributed by atoms with Gasteiger partial charge in [-0.3, -0.25) is 14.5 Å². The van der Waals surface area contributed by atoms with E-state index in [0.717, 1.165) is 25.8 Å². The number of piperidine rings is 1. The van der Waals surface area contributed by atoms with Gasteiger partial charge in [0.1, 0.15) is 6.04 Å². The van der Waals surface area contributed by atoms with Crippen LogP contribution in [0.15, 0.2) is 24.3 Å². The third kappa shape index (κ3) is 3.02. The van der Waals surface area contributed by atoms with Gasteiger partial charge in [0.2, 0.25) is 11.8 Å². The molecule has 4 aliphatic rings. The van der Waals surface area contributed by atoms with E-state index in [0.29, 0.717) is 12.5 Å². The van der Waals surface area contributed by atoms with E-state index >= 15 is 0 Å². The summed E-state index contributed by atoms with van der Waals surface area (Å²) in [5.41, 5.74) is 2.39. The minimum atomic E-state index is -0.258. The van der Waals surface area contributed by atoms with E-state index in [1.54, 1.807) is 0 Å². The van der Waals surface area contributed by atoms with Crippen LogP contribution in [0.2, 0.25) is 0 Å². The summed E-state index contributed by atoms with van der Waals surface area (Å²) >= 11 is 0. The van der Waals surface area contributed by atoms with Gasteiger partial charge in [0.25, 0.3) is 0 Å². The molecule has 6 nitrogen and oxygen atoms in total. The maximum atomic E-state index is 13.2. The Morgan fingerprint density at radius 2 is 2.07 bits per heavy atom. The zero-order valence-corrected chi connectivity index (χ0v) is 18.0. The van der Waals surface area contributed by atoms with E-state index in [9.17, 15) is 14.9 Å². The Kier molecular flexibility index (Phi) is 4.62. The van der Waals surface area contributed by atoms with Crippen LogP contribution in [-0.4, -0.2) is 63.8 Å². The average molecular weight is 407 g/mol. The first kappa shape index (κ1) is 19.6. The Morgan fingerprint density at radius 1 is 1.27 bits per heavy atom. The molecule has 0 N–H and O–H groups in total. The van der Waals surface area contributed by atoms with Gasteiger partial charge < -0.3 is 9.80 Å². The topological polar surface area (TPSA) is 67.7 Å². The van der Waals surface area contributed by atoms with Gasteiger partial charge in [-0.15, -0.1) is 0 Å². The predicted octanol–water partition coefficient (Wildman–Crippen LogP) is 2.49. The summed E-state index contributed by atoms with van der Waals surface area (Å²) in [5.74, 6) is 0.631. The number of rotatable bonds is 5. The lowest BCUT2D eigenvalue weighted by atomic mass is 10.0. The van der Waals surface area contributed by atoms with Crippen molar-refractivity contribution < 1.29 is 9.59 Å². The van der Waals surface area contributed by atoms with Gasteiger partial charge in [-0.1, -0.05) is 36.8 Å². The fourth-order valence-corrected chi connectivity index (χ4v) is 6.06. The molecule has 2 amide bonds. The van der Waals surface area contributed by atoms with Crippen molar-refractivity contribution in [2.24, 2.45) is 11.8 Å². The molecule has 3 aliphatic heterocycles. The van der Waals surface area contributed by atoms with Gasteiger partial charge in [0.05, 0.1) is 18.2 Å². The van der Waals surface area contributed by atoms with E-state index in [4.69, 9.17) is 0 Å². The first-order valence-electron chi connectivity index (χ1n) is 11.2. The normalized spacial score (nSPS) is 34.1. The highest BCUT2D eigenvalue weighted by atomic mass is 16.2. The van der Waals surface area contributed by atoms with Crippen molar-refractivity contribution in [2.45, 2.75) is 70.2 Å². The van der Waals surface area contributed by atoms with Crippen LogP contribution in [0.1, 0.15) is 50.3 Å². The van der Waals surface area contributed by atoms with Gasteiger partial charge in [-0.2, -0.15) is 5.26 Å². The highest BCUT2D eigenvalue weighted by Gasteiger charge is 2.55. The second-order valence-electron chi connectivity index (χ2n) is 9.79. The van der Waals surface area contributed by atoms with Crippen LogP contribution in [0.5, 0.6) is 0 Å². The molecule has 158 valence electrons. The van der Waals surface area contributed by atoms with E-state index in [1.165, 1.54) is 11.1 Å². The maximum Gasteiger partial charge on any atom is 0.240 e. The highest BCUT2D eigenvalue weighted by Crippen LogP contribution is 2.48. The molecule has 4 fully saturated rings. The summed E-state index contributed by atoms with van der Waals surface area (Å²) in [6.07, 6.45) is 2.73. The van der Waals surface area contributed by atoms with Crippen LogP contribution in [0, 0.1) is 30.1 Å². The standard InChI is InChI=1S/C24H30N4O2/c1-14-5-4-6-17(7-14)16(3)27-20-10-22(24(27)30)26(13-20)12-15(2)23(29)28-19(11-25)8-18-9-21(18)28/h4-7,15-16,18-22H,8-10,12-13H2,1-3H3/t15-,16+,18+,19-,20?,21?,22+/m0/s1. The van der Waals surface area contributed by atoms with Crippen molar-refractivity contribution in [3.05, 3.63) is 35.4 Å². The van der Waals surface area contributed by atoms with E-state index in [-0.39, 0.29) is 47.9 Å². The molecule has 3 heterocycles. The molecule has 3 saturated heterocycles. The lowest BCUT2D eigenvalue weighted by Gasteiger charge is -2.38. The number of carbonyl (C=O) groups excluding carboxylic acids is 2.